The number of phenols is 1. The van der Waals surface area contributed by atoms with E-state index in [-0.39, 0.29) is 49.0 Å². The molecule has 10 rings (SSSR count). The lowest BCUT2D eigenvalue weighted by atomic mass is 9.71. The summed E-state index contributed by atoms with van der Waals surface area (Å²) in [4.78, 5) is 57.8. The Labute approximate surface area is 417 Å². The average molecular weight is 1000 g/mol. The van der Waals surface area contributed by atoms with Crippen LogP contribution in [0.3, 0.4) is 0 Å². The van der Waals surface area contributed by atoms with Gasteiger partial charge in [0.1, 0.15) is 30.5 Å². The molecule has 2 unspecified atom stereocenters. The molecule has 3 aromatic carbocycles. The Morgan fingerprint density at radius 2 is 1.72 bits per heavy atom. The van der Waals surface area contributed by atoms with E-state index in [9.17, 15) is 20.0 Å². The maximum Gasteiger partial charge on any atom is 0.514 e. The monoisotopic (exact) mass is 1000 g/mol. The number of carbonyl (C=O) groups excluding carboxylic acids is 3. The number of methoxy groups -OCH3 is 2. The summed E-state index contributed by atoms with van der Waals surface area (Å²) in [6, 6.07) is 4.52. The highest BCUT2D eigenvalue weighted by atomic mass is 32.2. The highest BCUT2D eigenvalue weighted by Crippen LogP contribution is 2.64. The van der Waals surface area contributed by atoms with Gasteiger partial charge in [0.25, 0.3) is 0 Å². The number of esters is 1. The Hall–Kier alpha value is -5.85. The minimum absolute atomic E-state index is 0.0155. The van der Waals surface area contributed by atoms with Crippen molar-refractivity contribution in [3.05, 3.63) is 62.7 Å². The average Bonchev–Trinajstić information content (AvgIpc) is 3.78. The summed E-state index contributed by atoms with van der Waals surface area (Å²) in [6.07, 6.45) is -0.588. The second-order valence-corrected chi connectivity index (χ2v) is 22.1. The number of nitriles is 1. The number of piperazine rings is 1. The first-order valence-corrected chi connectivity index (χ1v) is 24.9. The number of thioether (sulfide) groups is 1. The van der Waals surface area contributed by atoms with Gasteiger partial charge in [-0.25, -0.2) is 14.4 Å². The van der Waals surface area contributed by atoms with Gasteiger partial charge in [-0.1, -0.05) is 6.07 Å². The summed E-state index contributed by atoms with van der Waals surface area (Å²) in [5.74, 6) is 1.41. The molecule has 4 bridgehead atoms. The van der Waals surface area contributed by atoms with Gasteiger partial charge in [0.15, 0.2) is 45.8 Å². The predicted molar refractivity (Wildman–Crippen MR) is 257 cm³/mol. The van der Waals surface area contributed by atoms with Crippen LogP contribution < -0.4 is 39.2 Å². The molecule has 7 heterocycles. The summed E-state index contributed by atoms with van der Waals surface area (Å²) in [5.41, 5.74) is 2.53. The molecule has 3 N–H and O–H groups in total. The number of phenolic OH excluding ortho intramolecular Hbond substituents is 1. The van der Waals surface area contributed by atoms with Crippen molar-refractivity contribution in [3.8, 4) is 46.3 Å². The third-order valence-corrected chi connectivity index (χ3v) is 15.5. The quantitative estimate of drug-likeness (QED) is 0.0688. The van der Waals surface area contributed by atoms with Crippen LogP contribution in [0, 0.1) is 25.2 Å². The zero-order chi connectivity index (χ0) is 51.1. The van der Waals surface area contributed by atoms with Crippen molar-refractivity contribution in [1.29, 1.82) is 5.26 Å². The second-order valence-electron chi connectivity index (χ2n) is 21.0. The fraction of sp³-hybridized carbons (Fsp3) is 0.569. The number of carbonyl (C=O) groups is 3. The van der Waals surface area contributed by atoms with Crippen LogP contribution >= 0.6 is 11.8 Å². The number of amides is 1. The van der Waals surface area contributed by atoms with Crippen molar-refractivity contribution in [3.63, 3.8) is 0 Å². The van der Waals surface area contributed by atoms with Crippen LogP contribution in [0.2, 0.25) is 0 Å². The fourth-order valence-corrected chi connectivity index (χ4v) is 12.9. The summed E-state index contributed by atoms with van der Waals surface area (Å²) >= 11 is 1.46. The molecular formula is C51H63N5O14S. The zero-order valence-corrected chi connectivity index (χ0v) is 43.0. The Bertz CT molecular complexity index is 2700. The fourth-order valence-electron chi connectivity index (χ4n) is 11.2. The number of hydrogen-bond acceptors (Lipinski definition) is 19. The van der Waals surface area contributed by atoms with Crippen LogP contribution in [0.25, 0.3) is 0 Å². The maximum atomic E-state index is 15.2. The Morgan fingerprint density at radius 1 is 0.986 bits per heavy atom. The van der Waals surface area contributed by atoms with Gasteiger partial charge < -0.3 is 53.2 Å². The van der Waals surface area contributed by atoms with Crippen LogP contribution in [0.5, 0.6) is 40.2 Å². The largest absolute Gasteiger partial charge is 0.514 e. The minimum atomic E-state index is -1.48. The molecule has 19 nitrogen and oxygen atoms in total. The summed E-state index contributed by atoms with van der Waals surface area (Å²) < 4.78 is 47.4. The number of ether oxygens (including phenoxy) is 8. The van der Waals surface area contributed by atoms with Crippen LogP contribution in [-0.2, 0) is 42.3 Å². The number of fused-ring (bicyclic) bond motifs is 9. The number of nitrogens with one attached hydrogen (secondary N) is 2. The number of benzene rings is 3. The standard InChI is InChI=1S/C51H63N5O14S/c1-24-15-28-16-30-31(19-52)56-32-21-63-46(58)51(29-18-33(61-11)34(17-27(29)13-14-53-51)67-48(60)69-50(7,8)9)22-71-45(39(56)38(55(30)10)35(28)40(57)41(24)62-12)37-36(32)44-43(64-23-65-44)26(3)42(37)70-66-20-25(2)54-47(59)68-49(4,5)6/h15,17-18,25,30-32,38-39,45,53,57H,13-14,16,20-23H2,1-12H3,(H,54,59)/t25-,30-,31-,32-,38?,39?,45+,51+/m0/s1. The van der Waals surface area contributed by atoms with Crippen LogP contribution in [0.15, 0.2) is 18.2 Å². The van der Waals surface area contributed by atoms with Crippen molar-refractivity contribution in [1.82, 2.24) is 20.4 Å². The summed E-state index contributed by atoms with van der Waals surface area (Å²) in [7, 11) is 4.97. The van der Waals surface area contributed by atoms with E-state index in [1.165, 1.54) is 26.0 Å². The van der Waals surface area contributed by atoms with Crippen molar-refractivity contribution in [2.75, 3.05) is 53.6 Å². The van der Waals surface area contributed by atoms with Crippen LogP contribution in [0.4, 0.5) is 9.59 Å². The van der Waals surface area contributed by atoms with Gasteiger partial charge >= 0.3 is 18.2 Å². The van der Waals surface area contributed by atoms with E-state index in [0.29, 0.717) is 70.2 Å². The van der Waals surface area contributed by atoms with Gasteiger partial charge in [0.05, 0.1) is 43.7 Å². The number of alkyl carbamates (subject to hydrolysis) is 1. The van der Waals surface area contributed by atoms with Crippen molar-refractivity contribution in [2.45, 2.75) is 133 Å². The van der Waals surface area contributed by atoms with E-state index in [1.54, 1.807) is 60.6 Å². The summed E-state index contributed by atoms with van der Waals surface area (Å²) in [6.45, 7) is 16.0. The zero-order valence-electron chi connectivity index (χ0n) is 42.2. The Kier molecular flexibility index (Phi) is 13.2. The minimum Gasteiger partial charge on any atom is -0.504 e. The lowest BCUT2D eigenvalue weighted by Crippen LogP contribution is -2.69. The Morgan fingerprint density at radius 3 is 2.41 bits per heavy atom. The van der Waals surface area contributed by atoms with Gasteiger partial charge in [0.2, 0.25) is 6.79 Å². The van der Waals surface area contributed by atoms with Gasteiger partial charge in [-0.2, -0.15) is 10.1 Å². The molecule has 20 heteroatoms. The van der Waals surface area contributed by atoms with Crippen LogP contribution in [0.1, 0.15) is 110 Å². The maximum absolute atomic E-state index is 15.2. The molecule has 382 valence electrons. The highest BCUT2D eigenvalue weighted by Gasteiger charge is 2.62. The number of hydrogen-bond donors (Lipinski definition) is 3. The molecule has 2 fully saturated rings. The number of rotatable bonds is 8. The lowest BCUT2D eigenvalue weighted by molar-refractivity contribution is -0.212. The van der Waals surface area contributed by atoms with Gasteiger partial charge in [-0.3, -0.25) is 15.1 Å². The molecule has 8 atom stereocenters. The number of aryl methyl sites for hydroxylation is 1. The van der Waals surface area contributed by atoms with E-state index in [2.05, 4.69) is 26.5 Å². The molecule has 1 amide bonds. The van der Waals surface area contributed by atoms with E-state index < -0.39 is 70.4 Å². The normalized spacial score (nSPS) is 25.8. The second kappa shape index (κ2) is 18.6. The smallest absolute Gasteiger partial charge is 0.504 e. The lowest BCUT2D eigenvalue weighted by Gasteiger charge is -2.62. The van der Waals surface area contributed by atoms with Gasteiger partial charge in [-0.15, -0.1) is 11.8 Å². The first-order chi connectivity index (χ1) is 33.6. The first kappa shape index (κ1) is 50.1. The molecule has 0 aromatic heterocycles. The third-order valence-electron chi connectivity index (χ3n) is 14.0. The molecule has 7 aliphatic heterocycles. The molecule has 0 radical (unpaired) electrons. The van der Waals surface area contributed by atoms with E-state index >= 15 is 4.79 Å². The number of aromatic hydroxyl groups is 1. The molecule has 0 aliphatic carbocycles. The molecule has 0 saturated carbocycles. The SMILES string of the molecule is COc1cc2c(cc1OC(=O)OC(C)(C)C)CCN[C@]21CS[C@@H]2c3c(OOC[C@H](C)NC(=O)OC(C)(C)C)c(C)c4c(c3[C@H](COC1=O)N1C2C2c3c(cc(C)c(OC)c3O)C[C@@H]([C@@H]1C#N)N2C)OCO4. The number of nitrogens with zero attached hydrogens (tertiary/aromatic N) is 3. The molecular weight excluding hydrogens is 939 g/mol. The van der Waals surface area contributed by atoms with Gasteiger partial charge in [0, 0.05) is 46.6 Å². The van der Waals surface area contributed by atoms with Crippen molar-refractivity contribution in [2.24, 2.45) is 0 Å². The highest BCUT2D eigenvalue weighted by molar-refractivity contribution is 7.99. The first-order valence-electron chi connectivity index (χ1n) is 23.8. The van der Waals surface area contributed by atoms with E-state index in [0.717, 1.165) is 16.7 Å². The number of likely N-dealkylation sites (N-methyl/N-ethyl adjacent to an activating group) is 1. The van der Waals surface area contributed by atoms with Gasteiger partial charge in [-0.05, 0) is 117 Å². The Balaban J connectivity index is 1.22. The summed E-state index contributed by atoms with van der Waals surface area (Å²) in [5, 5.41) is 29.4. The topological polar surface area (TPSA) is 218 Å². The predicted octanol–water partition coefficient (Wildman–Crippen LogP) is 6.89. The van der Waals surface area contributed by atoms with E-state index in [1.807, 2.05) is 27.0 Å². The molecule has 3 aromatic rings. The van der Waals surface area contributed by atoms with E-state index in [4.69, 9.17) is 47.7 Å². The van der Waals surface area contributed by atoms with Crippen molar-refractivity contribution >= 4 is 30.0 Å². The third kappa shape index (κ3) is 8.76. The van der Waals surface area contributed by atoms with Crippen LogP contribution in [-0.4, -0.2) is 122 Å². The van der Waals surface area contributed by atoms with Crippen molar-refractivity contribution < 1.29 is 67.2 Å². The molecule has 7 aliphatic rings. The molecule has 1 spiro atoms. The molecule has 71 heavy (non-hydrogen) atoms. The molecule has 2 saturated heterocycles.